The van der Waals surface area contributed by atoms with Gasteiger partial charge in [-0.1, -0.05) is 37.3 Å². The van der Waals surface area contributed by atoms with Crippen LogP contribution in [0.15, 0.2) is 30.3 Å². The number of carbonyl (C=O) groups is 2. The van der Waals surface area contributed by atoms with Gasteiger partial charge >= 0.3 is 0 Å². The van der Waals surface area contributed by atoms with E-state index in [1.807, 2.05) is 11.8 Å². The summed E-state index contributed by atoms with van der Waals surface area (Å²) in [5.74, 6) is 1.34. The fraction of sp³-hybridized carbons (Fsp3) is 0.619. The number of carbonyl (C=O) groups excluding carboxylic acids is 2. The van der Waals surface area contributed by atoms with Gasteiger partial charge in [-0.3, -0.25) is 9.59 Å². The summed E-state index contributed by atoms with van der Waals surface area (Å²) in [5.41, 5.74) is 1.40. The molecule has 0 atom stereocenters. The Bertz CT molecular complexity index is 571. The molecule has 4 heteroatoms. The van der Waals surface area contributed by atoms with Crippen molar-refractivity contribution in [1.82, 2.24) is 9.80 Å². The molecule has 1 aromatic rings. The molecule has 136 valence electrons. The van der Waals surface area contributed by atoms with E-state index in [4.69, 9.17) is 0 Å². The maximum Gasteiger partial charge on any atom is 0.225 e. The van der Waals surface area contributed by atoms with Crippen LogP contribution in [-0.4, -0.2) is 47.8 Å². The first-order chi connectivity index (χ1) is 12.2. The molecule has 0 unspecified atom stereocenters. The van der Waals surface area contributed by atoms with Crippen LogP contribution in [0.1, 0.15) is 44.6 Å². The fourth-order valence-electron chi connectivity index (χ4n) is 4.16. The molecule has 0 aliphatic carbocycles. The summed E-state index contributed by atoms with van der Waals surface area (Å²) in [6.45, 7) is 5.18. The van der Waals surface area contributed by atoms with Crippen molar-refractivity contribution in [2.75, 3.05) is 26.2 Å². The average Bonchev–Trinajstić information content (AvgIpc) is 2.68. The minimum atomic E-state index is 0.117. The van der Waals surface area contributed by atoms with Crippen molar-refractivity contribution >= 4 is 11.8 Å². The molecule has 0 N–H and O–H groups in total. The molecule has 2 fully saturated rings. The molecule has 2 aliphatic heterocycles. The monoisotopic (exact) mass is 342 g/mol. The van der Waals surface area contributed by atoms with Crippen molar-refractivity contribution in [3.8, 4) is 0 Å². The standard InChI is InChI=1S/C21H30N2O2/c1-2-20(24)22-14-10-19(11-15-22)21(25)23-12-8-18(9-13-23)16-17-6-4-3-5-7-17/h3-7,18-19H,2,8-16H2,1H3. The van der Waals surface area contributed by atoms with Crippen LogP contribution in [0.2, 0.25) is 0 Å². The van der Waals surface area contributed by atoms with Crippen LogP contribution in [0.3, 0.4) is 0 Å². The fourth-order valence-corrected chi connectivity index (χ4v) is 4.16. The van der Waals surface area contributed by atoms with E-state index in [1.165, 1.54) is 5.56 Å². The topological polar surface area (TPSA) is 40.6 Å². The molecule has 2 aliphatic rings. The van der Waals surface area contributed by atoms with Crippen molar-refractivity contribution in [1.29, 1.82) is 0 Å². The van der Waals surface area contributed by atoms with Crippen molar-refractivity contribution in [3.05, 3.63) is 35.9 Å². The smallest absolute Gasteiger partial charge is 0.225 e. The van der Waals surface area contributed by atoms with E-state index in [9.17, 15) is 9.59 Å². The van der Waals surface area contributed by atoms with Gasteiger partial charge in [-0.05, 0) is 43.6 Å². The lowest BCUT2D eigenvalue weighted by molar-refractivity contribution is -0.141. The molecular formula is C21H30N2O2. The lowest BCUT2D eigenvalue weighted by Gasteiger charge is -2.37. The van der Waals surface area contributed by atoms with E-state index in [-0.39, 0.29) is 11.8 Å². The Kier molecular flexibility index (Phi) is 6.11. The van der Waals surface area contributed by atoms with Gasteiger partial charge in [0, 0.05) is 38.5 Å². The normalized spacial score (nSPS) is 19.9. The molecule has 25 heavy (non-hydrogen) atoms. The first-order valence-electron chi connectivity index (χ1n) is 9.78. The van der Waals surface area contributed by atoms with Crippen LogP contribution >= 0.6 is 0 Å². The van der Waals surface area contributed by atoms with Gasteiger partial charge in [0.25, 0.3) is 0 Å². The molecule has 0 bridgehead atoms. The highest BCUT2D eigenvalue weighted by molar-refractivity contribution is 5.80. The van der Waals surface area contributed by atoms with Gasteiger partial charge in [0.05, 0.1) is 0 Å². The summed E-state index contributed by atoms with van der Waals surface area (Å²) >= 11 is 0. The second-order valence-corrected chi connectivity index (χ2v) is 7.47. The van der Waals surface area contributed by atoms with Crippen molar-refractivity contribution in [2.45, 2.75) is 45.4 Å². The Balaban J connectivity index is 1.43. The molecule has 3 rings (SSSR count). The van der Waals surface area contributed by atoms with Crippen molar-refractivity contribution in [2.24, 2.45) is 11.8 Å². The minimum Gasteiger partial charge on any atom is -0.343 e. The number of hydrogen-bond acceptors (Lipinski definition) is 2. The Labute approximate surface area is 151 Å². The van der Waals surface area contributed by atoms with Gasteiger partial charge in [0.2, 0.25) is 11.8 Å². The second-order valence-electron chi connectivity index (χ2n) is 7.47. The zero-order chi connectivity index (χ0) is 17.6. The third kappa shape index (κ3) is 4.62. The largest absolute Gasteiger partial charge is 0.343 e. The molecule has 0 aromatic heterocycles. The summed E-state index contributed by atoms with van der Waals surface area (Å²) in [4.78, 5) is 28.5. The van der Waals surface area contributed by atoms with Gasteiger partial charge in [0.15, 0.2) is 0 Å². The average molecular weight is 342 g/mol. The summed E-state index contributed by atoms with van der Waals surface area (Å²) in [7, 11) is 0. The molecule has 1 aromatic carbocycles. The molecule has 2 heterocycles. The van der Waals surface area contributed by atoms with Crippen LogP contribution in [0, 0.1) is 11.8 Å². The molecule has 0 spiro atoms. The molecule has 0 radical (unpaired) electrons. The van der Waals surface area contributed by atoms with E-state index in [0.29, 0.717) is 18.2 Å². The summed E-state index contributed by atoms with van der Waals surface area (Å²) in [6, 6.07) is 10.7. The van der Waals surface area contributed by atoms with Crippen molar-refractivity contribution in [3.63, 3.8) is 0 Å². The van der Waals surface area contributed by atoms with E-state index in [1.54, 1.807) is 0 Å². The third-order valence-electron chi connectivity index (χ3n) is 5.79. The van der Waals surface area contributed by atoms with Crippen LogP contribution < -0.4 is 0 Å². The maximum atomic E-state index is 12.8. The van der Waals surface area contributed by atoms with Crippen LogP contribution in [0.25, 0.3) is 0 Å². The molecule has 2 amide bonds. The van der Waals surface area contributed by atoms with Gasteiger partial charge < -0.3 is 9.80 Å². The zero-order valence-electron chi connectivity index (χ0n) is 15.3. The van der Waals surface area contributed by atoms with E-state index in [2.05, 4.69) is 35.2 Å². The summed E-state index contributed by atoms with van der Waals surface area (Å²) in [6.07, 6.45) is 5.55. The number of likely N-dealkylation sites (tertiary alicyclic amines) is 2. The quantitative estimate of drug-likeness (QED) is 0.843. The Hall–Kier alpha value is -1.84. The number of piperidine rings is 2. The summed E-state index contributed by atoms with van der Waals surface area (Å²) in [5, 5.41) is 0. The first-order valence-corrected chi connectivity index (χ1v) is 9.78. The molecule has 4 nitrogen and oxygen atoms in total. The van der Waals surface area contributed by atoms with E-state index < -0.39 is 0 Å². The lowest BCUT2D eigenvalue weighted by Crippen LogP contribution is -2.46. The van der Waals surface area contributed by atoms with Gasteiger partial charge in [0.1, 0.15) is 0 Å². The van der Waals surface area contributed by atoms with Crippen LogP contribution in [0.5, 0.6) is 0 Å². The lowest BCUT2D eigenvalue weighted by atomic mass is 9.88. The van der Waals surface area contributed by atoms with Gasteiger partial charge in [-0.25, -0.2) is 0 Å². The first kappa shape index (κ1) is 18.0. The number of hydrogen-bond donors (Lipinski definition) is 0. The van der Waals surface area contributed by atoms with E-state index in [0.717, 1.165) is 58.3 Å². The van der Waals surface area contributed by atoms with Crippen LogP contribution in [-0.2, 0) is 16.0 Å². The highest BCUT2D eigenvalue weighted by Crippen LogP contribution is 2.26. The number of nitrogens with zero attached hydrogens (tertiary/aromatic N) is 2. The SMILES string of the molecule is CCC(=O)N1CCC(C(=O)N2CCC(Cc3ccccc3)CC2)CC1. The van der Waals surface area contributed by atoms with Gasteiger partial charge in [-0.2, -0.15) is 0 Å². The van der Waals surface area contributed by atoms with Crippen molar-refractivity contribution < 1.29 is 9.59 Å². The third-order valence-corrected chi connectivity index (χ3v) is 5.79. The van der Waals surface area contributed by atoms with Crippen LogP contribution in [0.4, 0.5) is 0 Å². The molecule has 2 saturated heterocycles. The Morgan fingerprint density at radius 3 is 2.12 bits per heavy atom. The zero-order valence-corrected chi connectivity index (χ0v) is 15.3. The predicted molar refractivity (Wildman–Crippen MR) is 99.0 cm³/mol. The van der Waals surface area contributed by atoms with Gasteiger partial charge in [-0.15, -0.1) is 0 Å². The van der Waals surface area contributed by atoms with E-state index >= 15 is 0 Å². The maximum absolute atomic E-state index is 12.8. The highest BCUT2D eigenvalue weighted by Gasteiger charge is 2.31. The number of rotatable bonds is 4. The Morgan fingerprint density at radius 1 is 0.920 bits per heavy atom. The molecule has 0 saturated carbocycles. The predicted octanol–water partition coefficient (Wildman–Crippen LogP) is 3.12. The molecular weight excluding hydrogens is 312 g/mol. The Morgan fingerprint density at radius 2 is 1.52 bits per heavy atom. The summed E-state index contributed by atoms with van der Waals surface area (Å²) < 4.78 is 0. The number of benzene rings is 1. The highest BCUT2D eigenvalue weighted by atomic mass is 16.2. The second kappa shape index (κ2) is 8.50. The number of amides is 2. The minimum absolute atomic E-state index is 0.117.